The van der Waals surface area contributed by atoms with Gasteiger partial charge in [0.2, 0.25) is 0 Å². The number of carbonyl (C=O) groups excluding carboxylic acids is 2. The first-order valence-electron chi connectivity index (χ1n) is 7.72. The van der Waals surface area contributed by atoms with Gasteiger partial charge in [0.05, 0.1) is 44.1 Å². The summed E-state index contributed by atoms with van der Waals surface area (Å²) in [5.74, 6) is 0.318. The van der Waals surface area contributed by atoms with Gasteiger partial charge in [0.1, 0.15) is 17.6 Å². The minimum Gasteiger partial charge on any atom is -0.493 e. The van der Waals surface area contributed by atoms with E-state index in [1.165, 1.54) is 31.4 Å². The molecule has 1 aliphatic rings. The number of methoxy groups -OCH3 is 2. The van der Waals surface area contributed by atoms with Crippen molar-refractivity contribution in [3.05, 3.63) is 51.5 Å². The number of nitro groups is 1. The topological polar surface area (TPSA) is 112 Å². The van der Waals surface area contributed by atoms with Gasteiger partial charge in [0, 0.05) is 18.1 Å². The van der Waals surface area contributed by atoms with Crippen LogP contribution in [-0.2, 0) is 17.8 Å². The summed E-state index contributed by atoms with van der Waals surface area (Å²) in [4.78, 5) is 36.6. The summed E-state index contributed by atoms with van der Waals surface area (Å²) in [7, 11) is 2.71. The fraction of sp³-hybridized carbons (Fsp3) is 0.294. The van der Waals surface area contributed by atoms with Gasteiger partial charge in [0.15, 0.2) is 11.5 Å². The van der Waals surface area contributed by atoms with Gasteiger partial charge in [-0.1, -0.05) is 0 Å². The first kappa shape index (κ1) is 17.5. The number of furan rings is 1. The molecule has 3 rings (SSSR count). The van der Waals surface area contributed by atoms with Crippen LogP contribution in [0.3, 0.4) is 0 Å². The number of rotatable bonds is 5. The molecule has 1 aromatic carbocycles. The van der Waals surface area contributed by atoms with E-state index in [0.29, 0.717) is 12.0 Å². The van der Waals surface area contributed by atoms with E-state index in [-0.39, 0.29) is 30.0 Å². The summed E-state index contributed by atoms with van der Waals surface area (Å²) in [6.07, 6.45) is 2.34. The largest absolute Gasteiger partial charge is 0.493 e. The third-order valence-corrected chi connectivity index (χ3v) is 4.32. The van der Waals surface area contributed by atoms with Crippen molar-refractivity contribution in [2.45, 2.75) is 19.0 Å². The Kier molecular flexibility index (Phi) is 4.61. The van der Waals surface area contributed by atoms with E-state index in [0.717, 1.165) is 11.6 Å². The number of carbonyl (C=O) groups is 2. The quantitative estimate of drug-likeness (QED) is 0.455. The van der Waals surface area contributed by atoms with Crippen LogP contribution in [0.15, 0.2) is 28.9 Å². The Morgan fingerprint density at radius 3 is 2.65 bits per heavy atom. The molecule has 1 aliphatic heterocycles. The van der Waals surface area contributed by atoms with Crippen molar-refractivity contribution in [2.75, 3.05) is 14.2 Å². The molecule has 0 N–H and O–H groups in total. The SMILES string of the molecule is COc1cc(C(=O)N2Cc3ccoc3C[C@H]2C=O)c([N+](=O)[O-])cc1OC. The van der Waals surface area contributed by atoms with E-state index in [2.05, 4.69) is 0 Å². The smallest absolute Gasteiger partial charge is 0.286 e. The van der Waals surface area contributed by atoms with Crippen LogP contribution in [0.4, 0.5) is 5.69 Å². The molecule has 1 aromatic heterocycles. The molecule has 1 atom stereocenters. The van der Waals surface area contributed by atoms with Crippen LogP contribution < -0.4 is 9.47 Å². The highest BCUT2D eigenvalue weighted by Crippen LogP contribution is 2.36. The molecule has 9 nitrogen and oxygen atoms in total. The van der Waals surface area contributed by atoms with Gasteiger partial charge in [-0.2, -0.15) is 0 Å². The van der Waals surface area contributed by atoms with Crippen molar-refractivity contribution in [1.29, 1.82) is 0 Å². The Balaban J connectivity index is 2.06. The zero-order valence-electron chi connectivity index (χ0n) is 14.1. The van der Waals surface area contributed by atoms with Crippen molar-refractivity contribution in [1.82, 2.24) is 4.90 Å². The van der Waals surface area contributed by atoms with Crippen molar-refractivity contribution in [2.24, 2.45) is 0 Å². The monoisotopic (exact) mass is 360 g/mol. The number of hydrogen-bond donors (Lipinski definition) is 0. The average Bonchev–Trinajstić information content (AvgIpc) is 3.12. The molecular formula is C17H16N2O7. The van der Waals surface area contributed by atoms with Crippen LogP contribution >= 0.6 is 0 Å². The normalized spacial score (nSPS) is 15.9. The Morgan fingerprint density at radius 1 is 1.35 bits per heavy atom. The molecule has 136 valence electrons. The summed E-state index contributed by atoms with van der Waals surface area (Å²) in [6, 6.07) is 3.33. The Hall–Kier alpha value is -3.36. The summed E-state index contributed by atoms with van der Waals surface area (Å²) in [5.41, 5.74) is 0.168. The van der Waals surface area contributed by atoms with E-state index in [1.807, 2.05) is 0 Å². The molecule has 0 saturated carbocycles. The fourth-order valence-electron chi connectivity index (χ4n) is 2.98. The minimum absolute atomic E-state index is 0.125. The molecule has 26 heavy (non-hydrogen) atoms. The summed E-state index contributed by atoms with van der Waals surface area (Å²) in [5, 5.41) is 11.4. The van der Waals surface area contributed by atoms with Crippen LogP contribution in [-0.4, -0.2) is 42.3 Å². The summed E-state index contributed by atoms with van der Waals surface area (Å²) in [6.45, 7) is 0.125. The van der Waals surface area contributed by atoms with Crippen molar-refractivity contribution < 1.29 is 28.4 Å². The zero-order chi connectivity index (χ0) is 18.8. The van der Waals surface area contributed by atoms with Crippen LogP contribution in [0, 0.1) is 10.1 Å². The number of fused-ring (bicyclic) bond motifs is 1. The Morgan fingerprint density at radius 2 is 2.04 bits per heavy atom. The maximum atomic E-state index is 13.0. The lowest BCUT2D eigenvalue weighted by molar-refractivity contribution is -0.385. The Bertz CT molecular complexity index is 874. The van der Waals surface area contributed by atoms with E-state index in [1.54, 1.807) is 6.07 Å². The van der Waals surface area contributed by atoms with E-state index < -0.39 is 22.6 Å². The minimum atomic E-state index is -0.770. The van der Waals surface area contributed by atoms with Crippen LogP contribution in [0.5, 0.6) is 11.5 Å². The van der Waals surface area contributed by atoms with Gasteiger partial charge in [-0.05, 0) is 6.07 Å². The molecule has 9 heteroatoms. The molecule has 0 radical (unpaired) electrons. The van der Waals surface area contributed by atoms with E-state index in [9.17, 15) is 19.7 Å². The van der Waals surface area contributed by atoms with Gasteiger partial charge < -0.3 is 23.6 Å². The molecule has 0 fully saturated rings. The number of amides is 1. The van der Waals surface area contributed by atoms with E-state index in [4.69, 9.17) is 13.9 Å². The van der Waals surface area contributed by atoms with Crippen molar-refractivity contribution >= 4 is 17.9 Å². The second kappa shape index (κ2) is 6.87. The highest BCUT2D eigenvalue weighted by Gasteiger charge is 2.35. The number of benzene rings is 1. The van der Waals surface area contributed by atoms with Crippen LogP contribution in [0.2, 0.25) is 0 Å². The molecule has 0 aliphatic carbocycles. The zero-order valence-corrected chi connectivity index (χ0v) is 14.1. The average molecular weight is 360 g/mol. The second-order valence-electron chi connectivity index (χ2n) is 5.69. The van der Waals surface area contributed by atoms with Gasteiger partial charge in [-0.15, -0.1) is 0 Å². The Labute approximate surface area is 148 Å². The maximum absolute atomic E-state index is 13.0. The molecule has 2 heterocycles. The van der Waals surface area contributed by atoms with Crippen LogP contribution in [0.1, 0.15) is 21.7 Å². The molecule has 1 amide bonds. The predicted molar refractivity (Wildman–Crippen MR) is 88.3 cm³/mol. The summed E-state index contributed by atoms with van der Waals surface area (Å²) < 4.78 is 15.5. The highest BCUT2D eigenvalue weighted by molar-refractivity contribution is 6.00. The molecule has 2 aromatic rings. The maximum Gasteiger partial charge on any atom is 0.286 e. The third kappa shape index (κ3) is 2.87. The molecular weight excluding hydrogens is 344 g/mol. The number of nitro benzene ring substituents is 1. The number of nitrogens with zero attached hydrogens (tertiary/aromatic N) is 2. The summed E-state index contributed by atoms with van der Waals surface area (Å²) >= 11 is 0. The van der Waals surface area contributed by atoms with Gasteiger partial charge in [-0.25, -0.2) is 0 Å². The molecule has 0 spiro atoms. The van der Waals surface area contributed by atoms with Crippen LogP contribution in [0.25, 0.3) is 0 Å². The van der Waals surface area contributed by atoms with Crippen molar-refractivity contribution in [3.8, 4) is 11.5 Å². The fourth-order valence-corrected chi connectivity index (χ4v) is 2.98. The second-order valence-corrected chi connectivity index (χ2v) is 5.69. The predicted octanol–water partition coefficient (Wildman–Crippen LogP) is 1.97. The number of aldehydes is 1. The van der Waals surface area contributed by atoms with Gasteiger partial charge >= 0.3 is 0 Å². The van der Waals surface area contributed by atoms with Crippen molar-refractivity contribution in [3.63, 3.8) is 0 Å². The highest BCUT2D eigenvalue weighted by atomic mass is 16.6. The first-order chi connectivity index (χ1) is 12.5. The number of ether oxygens (including phenoxy) is 2. The molecule has 0 bridgehead atoms. The number of hydrogen-bond acceptors (Lipinski definition) is 7. The molecule has 0 unspecified atom stereocenters. The van der Waals surface area contributed by atoms with E-state index >= 15 is 0 Å². The molecule has 0 saturated heterocycles. The van der Waals surface area contributed by atoms with Gasteiger partial charge in [0.25, 0.3) is 11.6 Å². The standard InChI is InChI=1S/C17H16N2O7/c1-24-15-6-12(13(19(22)23)7-16(15)25-2)17(21)18-8-10-3-4-26-14(10)5-11(18)9-20/h3-4,6-7,9,11H,5,8H2,1-2H3/t11-/m0/s1. The lowest BCUT2D eigenvalue weighted by Gasteiger charge is -2.31. The third-order valence-electron chi connectivity index (χ3n) is 4.32. The lowest BCUT2D eigenvalue weighted by atomic mass is 10.00. The first-order valence-corrected chi connectivity index (χ1v) is 7.72. The van der Waals surface area contributed by atoms with Gasteiger partial charge in [-0.3, -0.25) is 14.9 Å². The lowest BCUT2D eigenvalue weighted by Crippen LogP contribution is -2.45.